The normalized spacial score (nSPS) is 14.7. The summed E-state index contributed by atoms with van der Waals surface area (Å²) in [6.07, 6.45) is 4.77. The molecule has 1 atom stereocenters. The lowest BCUT2D eigenvalue weighted by Crippen LogP contribution is -2.52. The van der Waals surface area contributed by atoms with E-state index in [0.29, 0.717) is 17.2 Å². The molecule has 1 unspecified atom stereocenters. The number of hydrogen-bond donors (Lipinski definition) is 1. The Balaban J connectivity index is 1.81. The Kier molecular flexibility index (Phi) is 8.79. The lowest BCUT2D eigenvalue weighted by molar-refractivity contribution is -0.143. The third-order valence-electron chi connectivity index (χ3n) is 6.50. The Labute approximate surface area is 202 Å². The predicted octanol–water partition coefficient (Wildman–Crippen LogP) is 5.51. The van der Waals surface area contributed by atoms with Crippen LogP contribution in [0.15, 0.2) is 36.4 Å². The molecule has 2 aromatic rings. The van der Waals surface area contributed by atoms with Crippen LogP contribution in [0.4, 0.5) is 0 Å². The summed E-state index contributed by atoms with van der Waals surface area (Å²) in [7, 11) is 0. The number of carbonyl (C=O) groups is 2. The Bertz CT molecular complexity index is 985. The SMILES string of the molecule is CCC(C(=O)NC1CCCC1)N(Cc1ccccc1Cl)C(=O)COc1cc(C)cc(C)c1C. The van der Waals surface area contributed by atoms with Crippen molar-refractivity contribution in [1.82, 2.24) is 10.2 Å². The van der Waals surface area contributed by atoms with Crippen molar-refractivity contribution in [2.24, 2.45) is 0 Å². The molecule has 1 saturated carbocycles. The van der Waals surface area contributed by atoms with Crippen LogP contribution in [-0.4, -0.2) is 35.4 Å². The minimum Gasteiger partial charge on any atom is -0.483 e. The summed E-state index contributed by atoms with van der Waals surface area (Å²) in [6, 6.07) is 11.1. The van der Waals surface area contributed by atoms with E-state index in [1.165, 1.54) is 0 Å². The molecule has 0 radical (unpaired) electrons. The molecule has 5 nitrogen and oxygen atoms in total. The first-order chi connectivity index (χ1) is 15.8. The van der Waals surface area contributed by atoms with Crippen molar-refractivity contribution in [3.05, 3.63) is 63.7 Å². The second-order valence-electron chi connectivity index (χ2n) is 9.02. The summed E-state index contributed by atoms with van der Waals surface area (Å²) in [4.78, 5) is 28.2. The van der Waals surface area contributed by atoms with Crippen LogP contribution in [-0.2, 0) is 16.1 Å². The number of nitrogens with one attached hydrogen (secondary N) is 1. The zero-order chi connectivity index (χ0) is 24.0. The lowest BCUT2D eigenvalue weighted by atomic mass is 10.1. The molecule has 0 aliphatic heterocycles. The molecular weight excluding hydrogens is 436 g/mol. The molecule has 1 aliphatic rings. The highest BCUT2D eigenvalue weighted by atomic mass is 35.5. The van der Waals surface area contributed by atoms with Crippen LogP contribution in [0.1, 0.15) is 61.3 Å². The minimum atomic E-state index is -0.585. The number of amides is 2. The van der Waals surface area contributed by atoms with Crippen molar-refractivity contribution >= 4 is 23.4 Å². The summed E-state index contributed by atoms with van der Waals surface area (Å²) in [6.45, 7) is 8.07. The second kappa shape index (κ2) is 11.6. The minimum absolute atomic E-state index is 0.104. The highest BCUT2D eigenvalue weighted by molar-refractivity contribution is 6.31. The van der Waals surface area contributed by atoms with Crippen LogP contribution in [0.25, 0.3) is 0 Å². The van der Waals surface area contributed by atoms with E-state index in [2.05, 4.69) is 11.4 Å². The van der Waals surface area contributed by atoms with Crippen LogP contribution in [0.2, 0.25) is 5.02 Å². The van der Waals surface area contributed by atoms with E-state index in [4.69, 9.17) is 16.3 Å². The standard InChI is InChI=1S/C27H35ClN2O3/c1-5-24(27(32)29-22-11-7-8-12-22)30(16-21-10-6-9-13-23(21)28)26(31)17-33-25-15-18(2)14-19(3)20(25)4/h6,9-10,13-15,22,24H,5,7-8,11-12,16-17H2,1-4H3,(H,29,32). The summed E-state index contributed by atoms with van der Waals surface area (Å²) >= 11 is 6.40. The molecule has 1 fully saturated rings. The number of aryl methyl sites for hydroxylation is 2. The molecule has 1 aliphatic carbocycles. The molecule has 0 heterocycles. The third kappa shape index (κ3) is 6.50. The summed E-state index contributed by atoms with van der Waals surface area (Å²) in [5.41, 5.74) is 4.02. The quantitative estimate of drug-likeness (QED) is 0.525. The van der Waals surface area contributed by atoms with Gasteiger partial charge in [0.1, 0.15) is 11.8 Å². The van der Waals surface area contributed by atoms with E-state index < -0.39 is 6.04 Å². The fraction of sp³-hybridized carbons (Fsp3) is 0.481. The van der Waals surface area contributed by atoms with Crippen LogP contribution in [0.5, 0.6) is 5.75 Å². The van der Waals surface area contributed by atoms with Gasteiger partial charge in [0, 0.05) is 17.6 Å². The predicted molar refractivity (Wildman–Crippen MR) is 133 cm³/mol. The van der Waals surface area contributed by atoms with Gasteiger partial charge in [-0.2, -0.15) is 0 Å². The zero-order valence-electron chi connectivity index (χ0n) is 20.1. The van der Waals surface area contributed by atoms with Crippen LogP contribution in [0, 0.1) is 20.8 Å². The van der Waals surface area contributed by atoms with Gasteiger partial charge in [-0.1, -0.05) is 55.6 Å². The zero-order valence-corrected chi connectivity index (χ0v) is 20.9. The third-order valence-corrected chi connectivity index (χ3v) is 6.87. The van der Waals surface area contributed by atoms with E-state index in [9.17, 15) is 9.59 Å². The average Bonchev–Trinajstić information content (AvgIpc) is 3.29. The molecule has 3 rings (SSSR count). The molecule has 0 aromatic heterocycles. The molecule has 0 saturated heterocycles. The van der Waals surface area contributed by atoms with Gasteiger partial charge >= 0.3 is 0 Å². The van der Waals surface area contributed by atoms with Gasteiger partial charge in [-0.15, -0.1) is 0 Å². The van der Waals surface area contributed by atoms with E-state index in [1.807, 2.05) is 52.0 Å². The number of benzene rings is 2. The van der Waals surface area contributed by atoms with E-state index in [1.54, 1.807) is 11.0 Å². The maximum Gasteiger partial charge on any atom is 0.261 e. The first-order valence-corrected chi connectivity index (χ1v) is 12.2. The number of ether oxygens (including phenoxy) is 1. The van der Waals surface area contributed by atoms with Gasteiger partial charge in [-0.25, -0.2) is 0 Å². The fourth-order valence-corrected chi connectivity index (χ4v) is 4.67. The monoisotopic (exact) mass is 470 g/mol. The highest BCUT2D eigenvalue weighted by Gasteiger charge is 2.31. The number of nitrogens with zero attached hydrogens (tertiary/aromatic N) is 1. The first-order valence-electron chi connectivity index (χ1n) is 11.8. The van der Waals surface area contributed by atoms with Gasteiger partial charge < -0.3 is 15.0 Å². The van der Waals surface area contributed by atoms with Crippen molar-refractivity contribution in [2.45, 2.75) is 78.4 Å². The molecule has 178 valence electrons. The van der Waals surface area contributed by atoms with Crippen molar-refractivity contribution in [3.63, 3.8) is 0 Å². The summed E-state index contributed by atoms with van der Waals surface area (Å²) < 4.78 is 5.96. The first kappa shape index (κ1) is 25.1. The van der Waals surface area contributed by atoms with Crippen molar-refractivity contribution < 1.29 is 14.3 Å². The smallest absolute Gasteiger partial charge is 0.261 e. The fourth-order valence-electron chi connectivity index (χ4n) is 4.47. The Hall–Kier alpha value is -2.53. The van der Waals surface area contributed by atoms with Gasteiger partial charge in [0.2, 0.25) is 5.91 Å². The maximum absolute atomic E-state index is 13.4. The Morgan fingerprint density at radius 3 is 2.52 bits per heavy atom. The van der Waals surface area contributed by atoms with E-state index in [0.717, 1.165) is 47.9 Å². The molecule has 1 N–H and O–H groups in total. The average molecular weight is 471 g/mol. The van der Waals surface area contributed by atoms with Crippen molar-refractivity contribution in [1.29, 1.82) is 0 Å². The Morgan fingerprint density at radius 2 is 1.85 bits per heavy atom. The van der Waals surface area contributed by atoms with E-state index in [-0.39, 0.29) is 31.0 Å². The number of carbonyl (C=O) groups excluding carboxylic acids is 2. The van der Waals surface area contributed by atoms with Gasteiger partial charge in [-0.05, 0) is 74.4 Å². The summed E-state index contributed by atoms with van der Waals surface area (Å²) in [5, 5.41) is 3.73. The number of hydrogen-bond acceptors (Lipinski definition) is 3. The number of halogens is 1. The van der Waals surface area contributed by atoms with Crippen LogP contribution < -0.4 is 10.1 Å². The van der Waals surface area contributed by atoms with Crippen molar-refractivity contribution in [3.8, 4) is 5.75 Å². The summed E-state index contributed by atoms with van der Waals surface area (Å²) in [5.74, 6) is 0.358. The highest BCUT2D eigenvalue weighted by Crippen LogP contribution is 2.25. The number of rotatable bonds is 9. The van der Waals surface area contributed by atoms with Gasteiger partial charge in [0.15, 0.2) is 6.61 Å². The molecule has 0 bridgehead atoms. The molecular formula is C27H35ClN2O3. The largest absolute Gasteiger partial charge is 0.483 e. The van der Waals surface area contributed by atoms with Gasteiger partial charge in [0.25, 0.3) is 5.91 Å². The van der Waals surface area contributed by atoms with Gasteiger partial charge in [0.05, 0.1) is 0 Å². The van der Waals surface area contributed by atoms with E-state index >= 15 is 0 Å². The molecule has 2 aromatic carbocycles. The van der Waals surface area contributed by atoms with Crippen molar-refractivity contribution in [2.75, 3.05) is 6.61 Å². The molecule has 0 spiro atoms. The van der Waals surface area contributed by atoms with Crippen LogP contribution >= 0.6 is 11.6 Å². The van der Waals surface area contributed by atoms with Gasteiger partial charge in [-0.3, -0.25) is 9.59 Å². The van der Waals surface area contributed by atoms with Crippen LogP contribution in [0.3, 0.4) is 0 Å². The lowest BCUT2D eigenvalue weighted by Gasteiger charge is -2.31. The Morgan fingerprint density at radius 1 is 1.15 bits per heavy atom. The molecule has 2 amide bonds. The molecule has 33 heavy (non-hydrogen) atoms. The maximum atomic E-state index is 13.4. The topological polar surface area (TPSA) is 58.6 Å². The second-order valence-corrected chi connectivity index (χ2v) is 9.43. The molecule has 6 heteroatoms.